The SMILES string of the molecule is CCc1cc(CC2CCCCN2)c(O)c(C(C)(C)C)c1. The normalized spacial score (nSPS) is 20.1. The van der Waals surface area contributed by atoms with Crippen LogP contribution in [0.4, 0.5) is 0 Å². The van der Waals surface area contributed by atoms with Crippen molar-refractivity contribution >= 4 is 0 Å². The van der Waals surface area contributed by atoms with Crippen LogP contribution in [-0.4, -0.2) is 17.7 Å². The van der Waals surface area contributed by atoms with Gasteiger partial charge in [-0.15, -0.1) is 0 Å². The minimum absolute atomic E-state index is 0.00991. The van der Waals surface area contributed by atoms with E-state index in [0.717, 1.165) is 30.5 Å². The Labute approximate surface area is 123 Å². The minimum atomic E-state index is -0.00991. The zero-order valence-corrected chi connectivity index (χ0v) is 13.4. The number of phenolic OH excluding ortho intramolecular Hbond substituents is 1. The summed E-state index contributed by atoms with van der Waals surface area (Å²) in [4.78, 5) is 0. The molecule has 1 aromatic carbocycles. The van der Waals surface area contributed by atoms with E-state index < -0.39 is 0 Å². The van der Waals surface area contributed by atoms with Gasteiger partial charge in [0.2, 0.25) is 0 Å². The van der Waals surface area contributed by atoms with E-state index in [-0.39, 0.29) is 5.41 Å². The molecule has 1 atom stereocenters. The molecule has 0 saturated carbocycles. The lowest BCUT2D eigenvalue weighted by Gasteiger charge is -2.27. The lowest BCUT2D eigenvalue weighted by Crippen LogP contribution is -2.35. The van der Waals surface area contributed by atoms with Crippen molar-refractivity contribution in [3.8, 4) is 5.75 Å². The quantitative estimate of drug-likeness (QED) is 0.876. The van der Waals surface area contributed by atoms with Crippen LogP contribution in [0.5, 0.6) is 5.75 Å². The zero-order chi connectivity index (χ0) is 14.8. The van der Waals surface area contributed by atoms with Gasteiger partial charge in [-0.3, -0.25) is 0 Å². The van der Waals surface area contributed by atoms with E-state index >= 15 is 0 Å². The van der Waals surface area contributed by atoms with Gasteiger partial charge in [0.25, 0.3) is 0 Å². The van der Waals surface area contributed by atoms with Crippen LogP contribution < -0.4 is 5.32 Å². The molecule has 1 aliphatic heterocycles. The molecule has 1 fully saturated rings. The molecule has 0 amide bonds. The van der Waals surface area contributed by atoms with Gasteiger partial charge in [0.05, 0.1) is 0 Å². The van der Waals surface area contributed by atoms with E-state index in [1.165, 1.54) is 24.8 Å². The molecule has 0 aliphatic carbocycles. The first-order valence-corrected chi connectivity index (χ1v) is 8.00. The maximum atomic E-state index is 10.6. The lowest BCUT2D eigenvalue weighted by atomic mass is 9.82. The van der Waals surface area contributed by atoms with Crippen LogP contribution >= 0.6 is 0 Å². The van der Waals surface area contributed by atoms with Crippen LogP contribution in [0.2, 0.25) is 0 Å². The van der Waals surface area contributed by atoms with Crippen molar-refractivity contribution in [1.29, 1.82) is 0 Å². The summed E-state index contributed by atoms with van der Waals surface area (Å²) < 4.78 is 0. The van der Waals surface area contributed by atoms with Gasteiger partial charge in [0, 0.05) is 6.04 Å². The van der Waals surface area contributed by atoms with E-state index in [4.69, 9.17) is 0 Å². The minimum Gasteiger partial charge on any atom is -0.507 e. The fourth-order valence-corrected chi connectivity index (χ4v) is 3.06. The third-order valence-electron chi connectivity index (χ3n) is 4.34. The van der Waals surface area contributed by atoms with E-state index in [1.807, 2.05) is 0 Å². The second kappa shape index (κ2) is 6.17. The zero-order valence-electron chi connectivity index (χ0n) is 13.4. The Kier molecular flexibility index (Phi) is 4.74. The Bertz CT molecular complexity index is 453. The van der Waals surface area contributed by atoms with Crippen LogP contribution in [-0.2, 0) is 18.3 Å². The summed E-state index contributed by atoms with van der Waals surface area (Å²) in [5.74, 6) is 0.516. The van der Waals surface area contributed by atoms with Crippen molar-refractivity contribution in [3.63, 3.8) is 0 Å². The summed E-state index contributed by atoms with van der Waals surface area (Å²) in [6, 6.07) is 4.89. The van der Waals surface area contributed by atoms with E-state index in [1.54, 1.807) is 0 Å². The molecule has 0 bridgehead atoms. The molecule has 0 aromatic heterocycles. The molecule has 112 valence electrons. The van der Waals surface area contributed by atoms with Crippen molar-refractivity contribution in [1.82, 2.24) is 5.32 Å². The first-order chi connectivity index (χ1) is 9.41. The highest BCUT2D eigenvalue weighted by Gasteiger charge is 2.23. The second-order valence-electron chi connectivity index (χ2n) is 7.11. The Morgan fingerprint density at radius 3 is 2.55 bits per heavy atom. The van der Waals surface area contributed by atoms with Crippen molar-refractivity contribution in [2.45, 2.75) is 71.3 Å². The highest BCUT2D eigenvalue weighted by atomic mass is 16.3. The van der Waals surface area contributed by atoms with Gasteiger partial charge in [-0.05, 0) is 54.3 Å². The van der Waals surface area contributed by atoms with E-state index in [2.05, 4.69) is 45.1 Å². The fraction of sp³-hybridized carbons (Fsp3) is 0.667. The number of rotatable bonds is 3. The Hall–Kier alpha value is -1.02. The molecule has 1 saturated heterocycles. The van der Waals surface area contributed by atoms with Gasteiger partial charge in [-0.1, -0.05) is 46.2 Å². The number of piperidine rings is 1. The number of benzene rings is 1. The fourth-order valence-electron chi connectivity index (χ4n) is 3.06. The lowest BCUT2D eigenvalue weighted by molar-refractivity contribution is 0.388. The number of aromatic hydroxyl groups is 1. The molecule has 2 N–H and O–H groups in total. The molecule has 20 heavy (non-hydrogen) atoms. The molecule has 1 aliphatic rings. The summed E-state index contributed by atoms with van der Waals surface area (Å²) >= 11 is 0. The number of hydrogen-bond donors (Lipinski definition) is 2. The average molecular weight is 275 g/mol. The molecular weight excluding hydrogens is 246 g/mol. The van der Waals surface area contributed by atoms with Gasteiger partial charge in [-0.2, -0.15) is 0 Å². The Morgan fingerprint density at radius 1 is 1.25 bits per heavy atom. The van der Waals surface area contributed by atoms with Crippen LogP contribution in [0.3, 0.4) is 0 Å². The van der Waals surface area contributed by atoms with Crippen molar-refractivity contribution < 1.29 is 5.11 Å². The first kappa shape index (κ1) is 15.4. The molecule has 2 nitrogen and oxygen atoms in total. The third-order valence-corrected chi connectivity index (χ3v) is 4.34. The van der Waals surface area contributed by atoms with Crippen LogP contribution in [0.25, 0.3) is 0 Å². The predicted octanol–water partition coefficient (Wildman–Crippen LogP) is 3.94. The largest absolute Gasteiger partial charge is 0.507 e. The summed E-state index contributed by atoms with van der Waals surface area (Å²) in [7, 11) is 0. The van der Waals surface area contributed by atoms with Crippen molar-refractivity contribution in [2.75, 3.05) is 6.54 Å². The predicted molar refractivity (Wildman–Crippen MR) is 85.5 cm³/mol. The van der Waals surface area contributed by atoms with Crippen molar-refractivity contribution in [3.05, 3.63) is 28.8 Å². The molecular formula is C18H29NO. The van der Waals surface area contributed by atoms with E-state index in [9.17, 15) is 5.11 Å². The van der Waals surface area contributed by atoms with Crippen molar-refractivity contribution in [2.24, 2.45) is 0 Å². The maximum absolute atomic E-state index is 10.6. The van der Waals surface area contributed by atoms with Crippen LogP contribution in [0.15, 0.2) is 12.1 Å². The smallest absolute Gasteiger partial charge is 0.122 e. The van der Waals surface area contributed by atoms with Gasteiger partial charge >= 0.3 is 0 Å². The Morgan fingerprint density at radius 2 is 2.00 bits per heavy atom. The molecule has 1 heterocycles. The average Bonchev–Trinajstić information content (AvgIpc) is 2.41. The number of aryl methyl sites for hydroxylation is 1. The number of phenols is 1. The third kappa shape index (κ3) is 3.54. The highest BCUT2D eigenvalue weighted by molar-refractivity contribution is 5.47. The maximum Gasteiger partial charge on any atom is 0.122 e. The van der Waals surface area contributed by atoms with Gasteiger partial charge < -0.3 is 10.4 Å². The summed E-state index contributed by atoms with van der Waals surface area (Å²) in [6.45, 7) is 9.81. The molecule has 1 aromatic rings. The molecule has 2 heteroatoms. The molecule has 1 unspecified atom stereocenters. The standard InChI is InChI=1S/C18H29NO/c1-5-13-10-14(12-15-8-6-7-9-19-15)17(20)16(11-13)18(2,3)4/h10-11,15,19-20H,5-9,12H2,1-4H3. The molecule has 2 rings (SSSR count). The summed E-state index contributed by atoms with van der Waals surface area (Å²) in [5.41, 5.74) is 3.53. The number of hydrogen-bond acceptors (Lipinski definition) is 2. The Balaban J connectivity index is 2.31. The second-order valence-corrected chi connectivity index (χ2v) is 7.11. The first-order valence-electron chi connectivity index (χ1n) is 8.00. The van der Waals surface area contributed by atoms with Gasteiger partial charge in [0.15, 0.2) is 0 Å². The monoisotopic (exact) mass is 275 g/mol. The van der Waals surface area contributed by atoms with Crippen LogP contribution in [0, 0.1) is 0 Å². The van der Waals surface area contributed by atoms with Gasteiger partial charge in [0.1, 0.15) is 5.75 Å². The highest BCUT2D eigenvalue weighted by Crippen LogP contribution is 2.35. The van der Waals surface area contributed by atoms with Crippen LogP contribution in [0.1, 0.15) is 63.6 Å². The van der Waals surface area contributed by atoms with Gasteiger partial charge in [-0.25, -0.2) is 0 Å². The topological polar surface area (TPSA) is 32.3 Å². The summed E-state index contributed by atoms with van der Waals surface area (Å²) in [6.07, 6.45) is 5.78. The molecule has 0 radical (unpaired) electrons. The number of nitrogens with one attached hydrogen (secondary N) is 1. The van der Waals surface area contributed by atoms with E-state index in [0.29, 0.717) is 11.8 Å². The molecule has 0 spiro atoms. The summed E-state index contributed by atoms with van der Waals surface area (Å²) in [5, 5.41) is 14.2.